The van der Waals surface area contributed by atoms with E-state index in [-0.39, 0.29) is 30.6 Å². The number of aryl methyl sites for hydroxylation is 2. The summed E-state index contributed by atoms with van der Waals surface area (Å²) < 4.78 is 13.2. The first-order valence-corrected chi connectivity index (χ1v) is 8.71. The van der Waals surface area contributed by atoms with E-state index < -0.39 is 0 Å². The predicted molar refractivity (Wildman–Crippen MR) is 102 cm³/mol. The van der Waals surface area contributed by atoms with Crippen LogP contribution in [0.4, 0.5) is 10.1 Å². The van der Waals surface area contributed by atoms with Crippen molar-refractivity contribution >= 4 is 29.1 Å². The highest BCUT2D eigenvalue weighted by molar-refractivity contribution is 6.34. The molecule has 26 heavy (non-hydrogen) atoms. The minimum atomic E-state index is -0.373. The van der Waals surface area contributed by atoms with Gasteiger partial charge in [0.2, 0.25) is 11.8 Å². The molecule has 0 spiro atoms. The van der Waals surface area contributed by atoms with Crippen LogP contribution in [0.25, 0.3) is 0 Å². The Morgan fingerprint density at radius 2 is 1.92 bits per heavy atom. The topological polar surface area (TPSA) is 49.4 Å². The van der Waals surface area contributed by atoms with Crippen molar-refractivity contribution in [2.24, 2.45) is 0 Å². The first kappa shape index (κ1) is 19.9. The zero-order valence-electron chi connectivity index (χ0n) is 15.1. The van der Waals surface area contributed by atoms with Gasteiger partial charge in [-0.05, 0) is 48.7 Å². The van der Waals surface area contributed by atoms with Crippen LogP contribution >= 0.6 is 11.6 Å². The van der Waals surface area contributed by atoms with E-state index in [1.54, 1.807) is 17.0 Å². The van der Waals surface area contributed by atoms with Gasteiger partial charge in [-0.1, -0.05) is 29.8 Å². The van der Waals surface area contributed by atoms with Crippen LogP contribution in [0.1, 0.15) is 23.6 Å². The van der Waals surface area contributed by atoms with Crippen LogP contribution in [-0.2, 0) is 16.0 Å². The Kier molecular flexibility index (Phi) is 6.75. The number of anilines is 1. The lowest BCUT2D eigenvalue weighted by atomic mass is 10.1. The third-order valence-electron chi connectivity index (χ3n) is 3.96. The Hall–Kier alpha value is -2.40. The maximum Gasteiger partial charge on any atom is 0.224 e. The molecule has 0 aromatic heterocycles. The zero-order chi connectivity index (χ0) is 19.3. The molecule has 0 saturated heterocycles. The summed E-state index contributed by atoms with van der Waals surface area (Å²) in [6.07, 6.45) is 0.0855. The fraction of sp³-hybridized carbons (Fsp3) is 0.300. The first-order valence-electron chi connectivity index (χ1n) is 8.34. The van der Waals surface area contributed by atoms with E-state index in [4.69, 9.17) is 11.6 Å². The van der Waals surface area contributed by atoms with Gasteiger partial charge >= 0.3 is 0 Å². The van der Waals surface area contributed by atoms with Crippen molar-refractivity contribution < 1.29 is 14.0 Å². The molecule has 4 nitrogen and oxygen atoms in total. The highest BCUT2D eigenvalue weighted by Gasteiger charge is 2.17. The molecule has 0 saturated carbocycles. The minimum Gasteiger partial charge on any atom is -0.354 e. The van der Waals surface area contributed by atoms with Gasteiger partial charge in [0.15, 0.2) is 0 Å². The highest BCUT2D eigenvalue weighted by Crippen LogP contribution is 2.31. The molecular weight excluding hydrogens is 355 g/mol. The van der Waals surface area contributed by atoms with Crippen LogP contribution in [0, 0.1) is 19.7 Å². The molecular formula is C20H22ClFN2O2. The van der Waals surface area contributed by atoms with Crippen molar-refractivity contribution in [2.45, 2.75) is 27.2 Å². The second-order valence-corrected chi connectivity index (χ2v) is 6.65. The Labute approximate surface area is 158 Å². The molecule has 0 aliphatic rings. The van der Waals surface area contributed by atoms with Gasteiger partial charge in [0.05, 0.1) is 17.1 Å². The van der Waals surface area contributed by atoms with Gasteiger partial charge in [-0.3, -0.25) is 9.59 Å². The molecule has 0 aliphatic heterocycles. The first-order chi connectivity index (χ1) is 12.3. The van der Waals surface area contributed by atoms with Crippen molar-refractivity contribution in [3.63, 3.8) is 0 Å². The quantitative estimate of drug-likeness (QED) is 0.833. The summed E-state index contributed by atoms with van der Waals surface area (Å²) in [5.74, 6) is -0.758. The van der Waals surface area contributed by atoms with Crippen LogP contribution < -0.4 is 10.2 Å². The molecule has 0 aliphatic carbocycles. The lowest BCUT2D eigenvalue weighted by molar-refractivity contribution is -0.121. The molecule has 2 amide bonds. The third-order valence-corrected chi connectivity index (χ3v) is 4.25. The van der Waals surface area contributed by atoms with Crippen molar-refractivity contribution in [1.29, 1.82) is 0 Å². The van der Waals surface area contributed by atoms with E-state index in [0.717, 1.165) is 11.1 Å². The maximum atomic E-state index is 13.2. The van der Waals surface area contributed by atoms with E-state index in [0.29, 0.717) is 22.8 Å². The lowest BCUT2D eigenvalue weighted by Gasteiger charge is -2.25. The average molecular weight is 377 g/mol. The van der Waals surface area contributed by atoms with Gasteiger partial charge in [-0.25, -0.2) is 4.39 Å². The Morgan fingerprint density at radius 1 is 1.19 bits per heavy atom. The Balaban J connectivity index is 1.99. The summed E-state index contributed by atoms with van der Waals surface area (Å²) in [7, 11) is 0. The van der Waals surface area contributed by atoms with Gasteiger partial charge in [0.1, 0.15) is 5.82 Å². The number of hydrogen-bond donors (Lipinski definition) is 1. The average Bonchev–Trinajstić information content (AvgIpc) is 2.52. The maximum absolute atomic E-state index is 13.2. The molecule has 2 aromatic carbocycles. The number of benzene rings is 2. The zero-order valence-corrected chi connectivity index (χ0v) is 15.9. The van der Waals surface area contributed by atoms with E-state index in [1.807, 2.05) is 26.0 Å². The molecule has 6 heteroatoms. The van der Waals surface area contributed by atoms with Gasteiger partial charge in [-0.2, -0.15) is 0 Å². The number of rotatable bonds is 6. The van der Waals surface area contributed by atoms with E-state index in [2.05, 4.69) is 5.32 Å². The second-order valence-electron chi connectivity index (χ2n) is 6.24. The molecule has 0 bridgehead atoms. The van der Waals surface area contributed by atoms with Gasteiger partial charge in [0, 0.05) is 20.0 Å². The van der Waals surface area contributed by atoms with Crippen molar-refractivity contribution in [3.05, 3.63) is 63.9 Å². The normalized spacial score (nSPS) is 10.5. The molecule has 0 heterocycles. The summed E-state index contributed by atoms with van der Waals surface area (Å²) in [6.45, 7) is 5.87. The lowest BCUT2D eigenvalue weighted by Crippen LogP contribution is -2.38. The molecule has 0 unspecified atom stereocenters. The van der Waals surface area contributed by atoms with Gasteiger partial charge < -0.3 is 10.2 Å². The number of nitrogens with zero attached hydrogens (tertiary/aromatic N) is 1. The van der Waals surface area contributed by atoms with Crippen LogP contribution in [0.3, 0.4) is 0 Å². The smallest absolute Gasteiger partial charge is 0.224 e. The third kappa shape index (κ3) is 5.30. The number of amides is 2. The SMILES string of the molecule is CC(=O)N(CCNC(=O)Cc1cccc(F)c1)c1c(C)cc(C)cc1Cl. The number of halogens is 2. The van der Waals surface area contributed by atoms with E-state index in [9.17, 15) is 14.0 Å². The number of carbonyl (C=O) groups excluding carboxylic acids is 2. The largest absolute Gasteiger partial charge is 0.354 e. The van der Waals surface area contributed by atoms with Gasteiger partial charge in [-0.15, -0.1) is 0 Å². The van der Waals surface area contributed by atoms with Crippen LogP contribution in [0.5, 0.6) is 0 Å². The molecule has 0 radical (unpaired) electrons. The number of nitrogens with one attached hydrogen (secondary N) is 1. The summed E-state index contributed by atoms with van der Waals surface area (Å²) in [5, 5.41) is 3.26. The minimum absolute atomic E-state index is 0.0855. The van der Waals surface area contributed by atoms with E-state index >= 15 is 0 Å². The fourth-order valence-electron chi connectivity index (χ4n) is 2.88. The number of hydrogen-bond acceptors (Lipinski definition) is 2. The van der Waals surface area contributed by atoms with Gasteiger partial charge in [0.25, 0.3) is 0 Å². The molecule has 2 aromatic rings. The predicted octanol–water partition coefficient (Wildman–Crippen LogP) is 3.81. The molecule has 2 rings (SSSR count). The van der Waals surface area contributed by atoms with Crippen LogP contribution in [0.2, 0.25) is 5.02 Å². The molecule has 138 valence electrons. The summed E-state index contributed by atoms with van der Waals surface area (Å²) in [6, 6.07) is 9.69. The molecule has 1 N–H and O–H groups in total. The van der Waals surface area contributed by atoms with Crippen molar-refractivity contribution in [3.8, 4) is 0 Å². The Morgan fingerprint density at radius 3 is 2.54 bits per heavy atom. The van der Waals surface area contributed by atoms with Crippen LogP contribution in [0.15, 0.2) is 36.4 Å². The molecule has 0 fully saturated rings. The van der Waals surface area contributed by atoms with E-state index in [1.165, 1.54) is 19.1 Å². The standard InChI is InChI=1S/C20H22ClFN2O2/c1-13-9-14(2)20(18(21)10-13)24(15(3)25)8-7-23-19(26)12-16-5-4-6-17(22)11-16/h4-6,9-11H,7-8,12H2,1-3H3,(H,23,26). The summed E-state index contributed by atoms with van der Waals surface area (Å²) in [4.78, 5) is 25.6. The molecule has 0 atom stereocenters. The van der Waals surface area contributed by atoms with Crippen molar-refractivity contribution in [2.75, 3.05) is 18.0 Å². The van der Waals surface area contributed by atoms with Crippen LogP contribution in [-0.4, -0.2) is 24.9 Å². The summed E-state index contributed by atoms with van der Waals surface area (Å²) >= 11 is 6.32. The monoisotopic (exact) mass is 376 g/mol. The highest BCUT2D eigenvalue weighted by atomic mass is 35.5. The second kappa shape index (κ2) is 8.81. The summed E-state index contributed by atoms with van der Waals surface area (Å²) in [5.41, 5.74) is 3.17. The number of carbonyl (C=O) groups is 2. The Bertz CT molecular complexity index is 800. The van der Waals surface area contributed by atoms with Crippen molar-refractivity contribution in [1.82, 2.24) is 5.32 Å². The fourth-order valence-corrected chi connectivity index (χ4v) is 3.30.